The van der Waals surface area contributed by atoms with Gasteiger partial charge in [-0.05, 0) is 76.4 Å². The van der Waals surface area contributed by atoms with Crippen LogP contribution in [0.1, 0.15) is 0 Å². The van der Waals surface area contributed by atoms with Crippen LogP contribution in [0.4, 0.5) is 0 Å². The molecule has 0 bridgehead atoms. The van der Waals surface area contributed by atoms with E-state index in [0.29, 0.717) is 0 Å². The maximum atomic E-state index is 2.41. The smallest absolute Gasteiger partial charge is 0.0623 e. The first-order chi connectivity index (χ1) is 27.3. The standard InChI is InChI=1S/C54H40Si/c1-7-23-41(24-8-1)47-35-19-21-37-50(47)52-40-39-49(43-27-11-3-12-28-43)54(53(52)51-38-22-20-36-48(51)42-25-9-2-10-26-42)55(44-29-13-4-14-30-44,45-31-15-5-16-32-45)46-33-17-6-18-34-46/h1-40H. The molecule has 9 aromatic carbocycles. The van der Waals surface area contributed by atoms with Crippen molar-refractivity contribution < 1.29 is 0 Å². The highest BCUT2D eigenvalue weighted by Crippen LogP contribution is 2.43. The number of rotatable bonds is 9. The lowest BCUT2D eigenvalue weighted by molar-refractivity contribution is 1.55. The molecule has 0 fully saturated rings. The molecule has 0 saturated heterocycles. The van der Waals surface area contributed by atoms with Gasteiger partial charge in [-0.1, -0.05) is 243 Å². The SMILES string of the molecule is c1ccc(-c2ccccc2-c2ccc(-c3ccccc3)c([Si](c3ccccc3)(c3ccccc3)c3ccccc3)c2-c2ccccc2-c2ccccc2)cc1. The van der Waals surface area contributed by atoms with Gasteiger partial charge < -0.3 is 0 Å². The first kappa shape index (κ1) is 34.0. The summed E-state index contributed by atoms with van der Waals surface area (Å²) in [5, 5.41) is 5.41. The fourth-order valence-electron chi connectivity index (χ4n) is 8.51. The fraction of sp³-hybridized carbons (Fsp3) is 0. The minimum Gasteiger partial charge on any atom is -0.0623 e. The Kier molecular flexibility index (Phi) is 9.44. The van der Waals surface area contributed by atoms with Crippen LogP contribution < -0.4 is 20.7 Å². The van der Waals surface area contributed by atoms with Crippen molar-refractivity contribution >= 4 is 28.8 Å². The summed E-state index contributed by atoms with van der Waals surface area (Å²) in [6.45, 7) is 0. The molecule has 55 heavy (non-hydrogen) atoms. The van der Waals surface area contributed by atoms with Gasteiger partial charge in [-0.25, -0.2) is 0 Å². The zero-order chi connectivity index (χ0) is 36.9. The molecule has 9 aromatic rings. The molecule has 0 atom stereocenters. The van der Waals surface area contributed by atoms with Gasteiger partial charge in [-0.2, -0.15) is 0 Å². The number of benzene rings is 9. The third kappa shape index (κ3) is 6.25. The van der Waals surface area contributed by atoms with Crippen LogP contribution in [-0.4, -0.2) is 8.07 Å². The summed E-state index contributed by atoms with van der Waals surface area (Å²) in [5.41, 5.74) is 12.2. The van der Waals surface area contributed by atoms with E-state index in [1.54, 1.807) is 0 Å². The van der Waals surface area contributed by atoms with E-state index in [2.05, 4.69) is 243 Å². The van der Waals surface area contributed by atoms with Crippen molar-refractivity contribution in [1.29, 1.82) is 0 Å². The van der Waals surface area contributed by atoms with Crippen molar-refractivity contribution in [1.82, 2.24) is 0 Å². The number of hydrogen-bond donors (Lipinski definition) is 0. The lowest BCUT2D eigenvalue weighted by atomic mass is 9.85. The van der Waals surface area contributed by atoms with Crippen molar-refractivity contribution in [3.63, 3.8) is 0 Å². The third-order valence-corrected chi connectivity index (χ3v) is 15.7. The maximum absolute atomic E-state index is 3.14. The van der Waals surface area contributed by atoms with Crippen LogP contribution >= 0.6 is 0 Å². The molecule has 9 rings (SSSR count). The van der Waals surface area contributed by atoms with Crippen molar-refractivity contribution in [2.45, 2.75) is 0 Å². The third-order valence-electron chi connectivity index (χ3n) is 10.9. The van der Waals surface area contributed by atoms with Gasteiger partial charge in [0, 0.05) is 0 Å². The Labute approximate surface area is 325 Å². The Hall–Kier alpha value is -6.80. The van der Waals surface area contributed by atoms with Crippen LogP contribution in [-0.2, 0) is 0 Å². The summed E-state index contributed by atoms with van der Waals surface area (Å²) in [6.07, 6.45) is 0. The molecule has 1 heteroatoms. The van der Waals surface area contributed by atoms with Crippen molar-refractivity contribution in [3.8, 4) is 55.6 Å². The van der Waals surface area contributed by atoms with Gasteiger partial charge in [-0.3, -0.25) is 0 Å². The van der Waals surface area contributed by atoms with Crippen LogP contribution in [0.3, 0.4) is 0 Å². The van der Waals surface area contributed by atoms with Gasteiger partial charge in [0.25, 0.3) is 0 Å². The van der Waals surface area contributed by atoms with E-state index in [1.165, 1.54) is 76.4 Å². The molecule has 0 amide bonds. The van der Waals surface area contributed by atoms with E-state index in [-0.39, 0.29) is 0 Å². The minimum atomic E-state index is -3.14. The van der Waals surface area contributed by atoms with Crippen LogP contribution in [0, 0.1) is 0 Å². The molecular formula is C54H40Si. The van der Waals surface area contributed by atoms with E-state index in [1.807, 2.05) is 0 Å². The normalized spacial score (nSPS) is 11.3. The molecule has 0 aromatic heterocycles. The molecule has 0 aliphatic rings. The predicted octanol–water partition coefficient (Wildman–Crippen LogP) is 11.4. The molecular weight excluding hydrogens is 677 g/mol. The molecule has 0 aliphatic carbocycles. The van der Waals surface area contributed by atoms with Crippen molar-refractivity contribution in [2.75, 3.05) is 0 Å². The fourth-order valence-corrected chi connectivity index (χ4v) is 13.7. The molecule has 0 aliphatic heterocycles. The van der Waals surface area contributed by atoms with Crippen LogP contribution in [0.5, 0.6) is 0 Å². The van der Waals surface area contributed by atoms with Gasteiger partial charge in [0.2, 0.25) is 0 Å². The topological polar surface area (TPSA) is 0 Å². The maximum Gasteiger partial charge on any atom is 0.180 e. The molecule has 0 saturated carbocycles. The van der Waals surface area contributed by atoms with Gasteiger partial charge in [-0.15, -0.1) is 0 Å². The van der Waals surface area contributed by atoms with Crippen molar-refractivity contribution in [2.24, 2.45) is 0 Å². The Bertz CT molecular complexity index is 2560. The van der Waals surface area contributed by atoms with Crippen molar-refractivity contribution in [3.05, 3.63) is 243 Å². The molecule has 0 N–H and O–H groups in total. The van der Waals surface area contributed by atoms with Gasteiger partial charge in [0.1, 0.15) is 0 Å². The zero-order valence-corrected chi connectivity index (χ0v) is 31.6. The summed E-state index contributed by atoms with van der Waals surface area (Å²) in [5.74, 6) is 0. The Morgan fingerprint density at radius 1 is 0.200 bits per heavy atom. The average molecular weight is 717 g/mol. The highest BCUT2D eigenvalue weighted by molar-refractivity contribution is 7.21. The summed E-state index contributed by atoms with van der Waals surface area (Å²) in [4.78, 5) is 0. The Morgan fingerprint density at radius 3 is 0.909 bits per heavy atom. The lowest BCUT2D eigenvalue weighted by Crippen LogP contribution is -2.75. The average Bonchev–Trinajstić information content (AvgIpc) is 3.28. The van der Waals surface area contributed by atoms with Gasteiger partial charge in [0.05, 0.1) is 0 Å². The van der Waals surface area contributed by atoms with Gasteiger partial charge >= 0.3 is 0 Å². The highest BCUT2D eigenvalue weighted by atomic mass is 28.3. The van der Waals surface area contributed by atoms with Crippen LogP contribution in [0.25, 0.3) is 55.6 Å². The summed E-state index contributed by atoms with van der Waals surface area (Å²) >= 11 is 0. The largest absolute Gasteiger partial charge is 0.180 e. The molecule has 0 unspecified atom stereocenters. The van der Waals surface area contributed by atoms with E-state index in [9.17, 15) is 0 Å². The molecule has 0 radical (unpaired) electrons. The summed E-state index contributed by atoms with van der Waals surface area (Å²) in [7, 11) is -3.14. The first-order valence-corrected chi connectivity index (χ1v) is 21.0. The minimum absolute atomic E-state index is 1.20. The van der Waals surface area contributed by atoms with Crippen LogP contribution in [0.15, 0.2) is 243 Å². The Morgan fingerprint density at radius 2 is 0.491 bits per heavy atom. The van der Waals surface area contributed by atoms with E-state index in [4.69, 9.17) is 0 Å². The second kappa shape index (κ2) is 15.3. The molecule has 0 spiro atoms. The molecule has 0 heterocycles. The lowest BCUT2D eigenvalue weighted by Gasteiger charge is -2.39. The Balaban J connectivity index is 1.55. The monoisotopic (exact) mass is 716 g/mol. The first-order valence-electron chi connectivity index (χ1n) is 19.0. The van der Waals surface area contributed by atoms with E-state index in [0.717, 1.165) is 0 Å². The second-order valence-electron chi connectivity index (χ2n) is 13.9. The molecule has 0 nitrogen and oxygen atoms in total. The number of hydrogen-bond acceptors (Lipinski definition) is 0. The van der Waals surface area contributed by atoms with E-state index < -0.39 is 8.07 Å². The molecule has 260 valence electrons. The zero-order valence-electron chi connectivity index (χ0n) is 30.6. The van der Waals surface area contributed by atoms with E-state index >= 15 is 0 Å². The quantitative estimate of drug-likeness (QED) is 0.103. The van der Waals surface area contributed by atoms with Crippen LogP contribution in [0.2, 0.25) is 0 Å². The summed E-state index contributed by atoms with van der Waals surface area (Å²) in [6, 6.07) is 89.5. The van der Waals surface area contributed by atoms with Gasteiger partial charge in [0.15, 0.2) is 8.07 Å². The second-order valence-corrected chi connectivity index (χ2v) is 17.7. The summed E-state index contributed by atoms with van der Waals surface area (Å²) < 4.78 is 0. The highest BCUT2D eigenvalue weighted by Gasteiger charge is 2.45. The predicted molar refractivity (Wildman–Crippen MR) is 237 cm³/mol.